The average Bonchev–Trinajstić information content (AvgIpc) is 2.84. The SMILES string of the molecule is Cc1ccc(C(=O)C=Cc2ccc(OC(C)C)cc2)o1. The summed E-state index contributed by atoms with van der Waals surface area (Å²) in [4.78, 5) is 11.8. The molecule has 3 heteroatoms. The Hall–Kier alpha value is -2.29. The van der Waals surface area contributed by atoms with Gasteiger partial charge in [0.05, 0.1) is 6.10 Å². The Labute approximate surface area is 118 Å². The molecule has 20 heavy (non-hydrogen) atoms. The van der Waals surface area contributed by atoms with Gasteiger partial charge in [0, 0.05) is 0 Å². The van der Waals surface area contributed by atoms with Gasteiger partial charge in [0.15, 0.2) is 5.76 Å². The molecule has 2 aromatic rings. The predicted octanol–water partition coefficient (Wildman–Crippen LogP) is 4.27. The Morgan fingerprint density at radius 3 is 2.40 bits per heavy atom. The highest BCUT2D eigenvalue weighted by Crippen LogP contribution is 2.15. The first-order valence-corrected chi connectivity index (χ1v) is 6.60. The average molecular weight is 270 g/mol. The van der Waals surface area contributed by atoms with Gasteiger partial charge in [0.25, 0.3) is 0 Å². The van der Waals surface area contributed by atoms with Crippen LogP contribution in [0.2, 0.25) is 0 Å². The van der Waals surface area contributed by atoms with E-state index in [4.69, 9.17) is 9.15 Å². The second kappa shape index (κ2) is 6.24. The van der Waals surface area contributed by atoms with E-state index in [1.54, 1.807) is 18.2 Å². The normalized spacial score (nSPS) is 11.2. The second-order valence-corrected chi connectivity index (χ2v) is 4.84. The molecule has 0 N–H and O–H groups in total. The summed E-state index contributed by atoms with van der Waals surface area (Å²) < 4.78 is 10.8. The van der Waals surface area contributed by atoms with E-state index < -0.39 is 0 Å². The zero-order valence-electron chi connectivity index (χ0n) is 11.9. The molecule has 1 aromatic heterocycles. The van der Waals surface area contributed by atoms with Crippen LogP contribution in [0.5, 0.6) is 5.75 Å². The lowest BCUT2D eigenvalue weighted by Crippen LogP contribution is -2.05. The molecule has 0 spiro atoms. The second-order valence-electron chi connectivity index (χ2n) is 4.84. The highest BCUT2D eigenvalue weighted by Gasteiger charge is 2.05. The quantitative estimate of drug-likeness (QED) is 0.601. The molecule has 0 aliphatic rings. The Morgan fingerprint density at radius 1 is 1.15 bits per heavy atom. The monoisotopic (exact) mass is 270 g/mol. The fourth-order valence-electron chi connectivity index (χ4n) is 1.75. The number of furan rings is 1. The third kappa shape index (κ3) is 3.85. The van der Waals surface area contributed by atoms with Crippen molar-refractivity contribution in [2.24, 2.45) is 0 Å². The zero-order valence-corrected chi connectivity index (χ0v) is 11.9. The lowest BCUT2D eigenvalue weighted by Gasteiger charge is -2.09. The Balaban J connectivity index is 2.02. The summed E-state index contributed by atoms with van der Waals surface area (Å²) in [6.45, 7) is 5.78. The van der Waals surface area contributed by atoms with Crippen molar-refractivity contribution >= 4 is 11.9 Å². The number of aryl methyl sites for hydroxylation is 1. The van der Waals surface area contributed by atoms with Crippen LogP contribution in [-0.2, 0) is 0 Å². The van der Waals surface area contributed by atoms with Crippen molar-refractivity contribution in [3.8, 4) is 5.75 Å². The number of ether oxygens (including phenoxy) is 1. The summed E-state index contributed by atoms with van der Waals surface area (Å²) in [7, 11) is 0. The lowest BCUT2D eigenvalue weighted by molar-refractivity contribution is 0.102. The molecule has 0 atom stereocenters. The van der Waals surface area contributed by atoms with E-state index in [0.717, 1.165) is 17.1 Å². The van der Waals surface area contributed by atoms with Crippen LogP contribution in [0.3, 0.4) is 0 Å². The first-order chi connectivity index (χ1) is 9.54. The molecule has 0 aliphatic heterocycles. The van der Waals surface area contributed by atoms with E-state index in [9.17, 15) is 4.79 Å². The van der Waals surface area contributed by atoms with Crippen LogP contribution in [0.4, 0.5) is 0 Å². The standard InChI is InChI=1S/C17H18O3/c1-12(2)19-15-8-5-14(6-9-15)7-10-16(18)17-11-4-13(3)20-17/h4-12H,1-3H3. The van der Waals surface area contributed by atoms with Gasteiger partial charge in [-0.15, -0.1) is 0 Å². The molecule has 0 bridgehead atoms. The zero-order chi connectivity index (χ0) is 14.5. The third-order valence-electron chi connectivity index (χ3n) is 2.66. The van der Waals surface area contributed by atoms with Gasteiger partial charge in [0.2, 0.25) is 5.78 Å². The summed E-state index contributed by atoms with van der Waals surface area (Å²) in [5, 5.41) is 0. The van der Waals surface area contributed by atoms with Gasteiger partial charge in [-0.25, -0.2) is 0 Å². The van der Waals surface area contributed by atoms with Crippen LogP contribution in [0.1, 0.15) is 35.7 Å². The van der Waals surface area contributed by atoms with Crippen molar-refractivity contribution in [2.45, 2.75) is 26.9 Å². The van der Waals surface area contributed by atoms with Crippen molar-refractivity contribution in [1.82, 2.24) is 0 Å². The van der Waals surface area contributed by atoms with E-state index in [2.05, 4.69) is 0 Å². The van der Waals surface area contributed by atoms with Crippen LogP contribution in [-0.4, -0.2) is 11.9 Å². The molecule has 0 saturated carbocycles. The molecular weight excluding hydrogens is 252 g/mol. The first kappa shape index (κ1) is 14.1. The summed E-state index contributed by atoms with van der Waals surface area (Å²) in [6.07, 6.45) is 3.43. The van der Waals surface area contributed by atoms with Gasteiger partial charge in [0.1, 0.15) is 11.5 Å². The minimum absolute atomic E-state index is 0.138. The van der Waals surface area contributed by atoms with Gasteiger partial charge >= 0.3 is 0 Å². The van der Waals surface area contributed by atoms with Crippen LogP contribution in [0.25, 0.3) is 6.08 Å². The molecule has 0 radical (unpaired) electrons. The van der Waals surface area contributed by atoms with Crippen LogP contribution >= 0.6 is 0 Å². The molecule has 1 heterocycles. The molecule has 0 aliphatic carbocycles. The maximum absolute atomic E-state index is 11.8. The van der Waals surface area contributed by atoms with E-state index in [0.29, 0.717) is 5.76 Å². The minimum Gasteiger partial charge on any atom is -0.491 e. The Kier molecular flexibility index (Phi) is 4.41. The van der Waals surface area contributed by atoms with Gasteiger partial charge in [-0.1, -0.05) is 18.2 Å². The van der Waals surface area contributed by atoms with E-state index in [1.807, 2.05) is 45.0 Å². The van der Waals surface area contributed by atoms with E-state index in [1.165, 1.54) is 6.08 Å². The Morgan fingerprint density at radius 2 is 1.85 bits per heavy atom. The molecule has 0 amide bonds. The highest BCUT2D eigenvalue weighted by atomic mass is 16.5. The molecular formula is C17H18O3. The maximum Gasteiger partial charge on any atom is 0.221 e. The van der Waals surface area contributed by atoms with Crippen LogP contribution < -0.4 is 4.74 Å². The number of ketones is 1. The first-order valence-electron chi connectivity index (χ1n) is 6.60. The lowest BCUT2D eigenvalue weighted by atomic mass is 10.1. The van der Waals surface area contributed by atoms with E-state index in [-0.39, 0.29) is 11.9 Å². The largest absolute Gasteiger partial charge is 0.491 e. The van der Waals surface area contributed by atoms with Gasteiger partial charge < -0.3 is 9.15 Å². The van der Waals surface area contributed by atoms with Crippen LogP contribution in [0.15, 0.2) is 46.9 Å². The fourth-order valence-corrected chi connectivity index (χ4v) is 1.75. The highest BCUT2D eigenvalue weighted by molar-refractivity contribution is 6.04. The molecule has 0 unspecified atom stereocenters. The number of carbonyl (C=O) groups excluding carboxylic acids is 1. The van der Waals surface area contributed by atoms with Crippen molar-refractivity contribution in [3.63, 3.8) is 0 Å². The minimum atomic E-state index is -0.138. The number of rotatable bonds is 5. The van der Waals surface area contributed by atoms with Crippen molar-refractivity contribution in [3.05, 3.63) is 59.6 Å². The van der Waals surface area contributed by atoms with Gasteiger partial charge in [-0.05, 0) is 56.7 Å². The summed E-state index contributed by atoms with van der Waals surface area (Å²) in [5.41, 5.74) is 0.942. The van der Waals surface area contributed by atoms with Crippen LogP contribution in [0, 0.1) is 6.92 Å². The molecule has 0 saturated heterocycles. The summed E-state index contributed by atoms with van der Waals surface area (Å²) in [5.74, 6) is 1.78. The molecule has 2 rings (SSSR count). The number of benzene rings is 1. The molecule has 3 nitrogen and oxygen atoms in total. The molecule has 1 aromatic carbocycles. The van der Waals surface area contributed by atoms with Crippen molar-refractivity contribution in [2.75, 3.05) is 0 Å². The number of allylic oxidation sites excluding steroid dienone is 1. The van der Waals surface area contributed by atoms with E-state index >= 15 is 0 Å². The van der Waals surface area contributed by atoms with Gasteiger partial charge in [-0.3, -0.25) is 4.79 Å². The van der Waals surface area contributed by atoms with Crippen molar-refractivity contribution < 1.29 is 13.9 Å². The topological polar surface area (TPSA) is 39.4 Å². The fraction of sp³-hybridized carbons (Fsp3) is 0.235. The molecule has 0 fully saturated rings. The smallest absolute Gasteiger partial charge is 0.221 e. The predicted molar refractivity (Wildman–Crippen MR) is 79.0 cm³/mol. The maximum atomic E-state index is 11.8. The summed E-state index contributed by atoms with van der Waals surface area (Å²) >= 11 is 0. The Bertz CT molecular complexity index is 603. The van der Waals surface area contributed by atoms with Crippen molar-refractivity contribution in [1.29, 1.82) is 0 Å². The number of hydrogen-bond acceptors (Lipinski definition) is 3. The summed E-state index contributed by atoms with van der Waals surface area (Å²) in [6, 6.07) is 11.1. The third-order valence-corrected chi connectivity index (χ3v) is 2.66. The molecule has 104 valence electrons. The number of hydrogen-bond donors (Lipinski definition) is 0. The van der Waals surface area contributed by atoms with Gasteiger partial charge in [-0.2, -0.15) is 0 Å². The number of carbonyl (C=O) groups is 1.